The fraction of sp³-hybridized carbons (Fsp3) is 0.522. The van der Waals surface area contributed by atoms with Crippen LogP contribution in [0, 0.1) is 5.92 Å². The molecular formula is C23H27F3N4O. The predicted molar refractivity (Wildman–Crippen MR) is 112 cm³/mol. The summed E-state index contributed by atoms with van der Waals surface area (Å²) in [6.45, 7) is 2.45. The average molecular weight is 432 g/mol. The Bertz CT molecular complexity index is 904. The summed E-state index contributed by atoms with van der Waals surface area (Å²) in [6, 6.07) is 6.77. The monoisotopic (exact) mass is 432 g/mol. The van der Waals surface area contributed by atoms with Crippen LogP contribution in [-0.2, 0) is 11.0 Å². The normalized spacial score (nSPS) is 17.9. The Labute approximate surface area is 180 Å². The molecule has 2 aliphatic rings. The van der Waals surface area contributed by atoms with Crippen molar-refractivity contribution in [2.75, 3.05) is 31.1 Å². The van der Waals surface area contributed by atoms with Crippen molar-refractivity contribution in [3.63, 3.8) is 0 Å². The summed E-state index contributed by atoms with van der Waals surface area (Å²) in [7, 11) is 0. The fourth-order valence-corrected chi connectivity index (χ4v) is 4.46. The zero-order valence-corrected chi connectivity index (χ0v) is 17.4. The van der Waals surface area contributed by atoms with Gasteiger partial charge in [0.15, 0.2) is 0 Å². The van der Waals surface area contributed by atoms with Crippen molar-refractivity contribution in [3.8, 4) is 11.3 Å². The van der Waals surface area contributed by atoms with Gasteiger partial charge >= 0.3 is 6.18 Å². The van der Waals surface area contributed by atoms with Crippen molar-refractivity contribution in [3.05, 3.63) is 42.1 Å². The van der Waals surface area contributed by atoms with E-state index in [1.165, 1.54) is 31.7 Å². The van der Waals surface area contributed by atoms with Crippen LogP contribution in [0.15, 0.2) is 36.5 Å². The van der Waals surface area contributed by atoms with Crippen molar-refractivity contribution >= 4 is 11.9 Å². The standard InChI is InChI=1S/C23H27F3N4O/c24-23(25,26)19-7-3-6-18(16-19)20-10-11-27-22(28-20)30-14-12-29(13-15-30)21(31)9-8-17-4-1-2-5-17/h3,6-7,10-11,16-17H,1-2,4-5,8-9,12-15H2. The number of carbonyl (C=O) groups is 1. The second kappa shape index (κ2) is 9.24. The third kappa shape index (κ3) is 5.35. The first-order valence-electron chi connectivity index (χ1n) is 10.9. The van der Waals surface area contributed by atoms with Crippen molar-refractivity contribution in [1.29, 1.82) is 0 Å². The summed E-state index contributed by atoms with van der Waals surface area (Å²) in [5, 5.41) is 0. The smallest absolute Gasteiger partial charge is 0.339 e. The van der Waals surface area contributed by atoms with Gasteiger partial charge in [-0.1, -0.05) is 37.8 Å². The van der Waals surface area contributed by atoms with Gasteiger partial charge in [0.25, 0.3) is 0 Å². The Hall–Kier alpha value is -2.64. The highest BCUT2D eigenvalue weighted by Crippen LogP contribution is 2.32. The van der Waals surface area contributed by atoms with E-state index in [0.29, 0.717) is 55.7 Å². The average Bonchev–Trinajstić information content (AvgIpc) is 3.31. The Morgan fingerprint density at radius 3 is 2.52 bits per heavy atom. The van der Waals surface area contributed by atoms with Crippen LogP contribution in [0.25, 0.3) is 11.3 Å². The molecule has 0 bridgehead atoms. The highest BCUT2D eigenvalue weighted by atomic mass is 19.4. The van der Waals surface area contributed by atoms with Gasteiger partial charge in [-0.2, -0.15) is 13.2 Å². The quantitative estimate of drug-likeness (QED) is 0.682. The van der Waals surface area contributed by atoms with Crippen LogP contribution in [0.1, 0.15) is 44.1 Å². The van der Waals surface area contributed by atoms with Gasteiger partial charge < -0.3 is 9.80 Å². The maximum Gasteiger partial charge on any atom is 0.416 e. The van der Waals surface area contributed by atoms with Crippen LogP contribution in [0.3, 0.4) is 0 Å². The van der Waals surface area contributed by atoms with Crippen LogP contribution in [0.2, 0.25) is 0 Å². The summed E-state index contributed by atoms with van der Waals surface area (Å²) >= 11 is 0. The minimum absolute atomic E-state index is 0.213. The second-order valence-electron chi connectivity index (χ2n) is 8.38. The fourth-order valence-electron chi connectivity index (χ4n) is 4.46. The number of hydrogen-bond donors (Lipinski definition) is 0. The van der Waals surface area contributed by atoms with Gasteiger partial charge in [0.2, 0.25) is 11.9 Å². The van der Waals surface area contributed by atoms with Crippen LogP contribution in [0.5, 0.6) is 0 Å². The topological polar surface area (TPSA) is 49.3 Å². The number of carbonyl (C=O) groups excluding carboxylic acids is 1. The number of aromatic nitrogens is 2. The van der Waals surface area contributed by atoms with Gasteiger partial charge in [0, 0.05) is 44.4 Å². The summed E-state index contributed by atoms with van der Waals surface area (Å²) in [4.78, 5) is 25.2. The first-order valence-corrected chi connectivity index (χ1v) is 10.9. The molecule has 1 saturated carbocycles. The maximum absolute atomic E-state index is 13.0. The lowest BCUT2D eigenvalue weighted by atomic mass is 10.0. The Kier molecular flexibility index (Phi) is 6.43. The van der Waals surface area contributed by atoms with Gasteiger partial charge in [-0.05, 0) is 30.5 Å². The number of nitrogens with zero attached hydrogens (tertiary/aromatic N) is 4. The van der Waals surface area contributed by atoms with Crippen molar-refractivity contribution < 1.29 is 18.0 Å². The molecule has 0 N–H and O–H groups in total. The van der Waals surface area contributed by atoms with Gasteiger partial charge in [0.1, 0.15) is 0 Å². The molecule has 0 radical (unpaired) electrons. The zero-order chi connectivity index (χ0) is 21.8. The maximum atomic E-state index is 13.0. The summed E-state index contributed by atoms with van der Waals surface area (Å²) in [6.07, 6.45) is 3.85. The Morgan fingerprint density at radius 2 is 1.81 bits per heavy atom. The molecule has 1 aliphatic heterocycles. The molecule has 1 aliphatic carbocycles. The van der Waals surface area contributed by atoms with Gasteiger partial charge in [0.05, 0.1) is 11.3 Å². The van der Waals surface area contributed by atoms with E-state index in [9.17, 15) is 18.0 Å². The van der Waals surface area contributed by atoms with E-state index < -0.39 is 11.7 Å². The molecule has 5 nitrogen and oxygen atoms in total. The molecule has 2 fully saturated rings. The van der Waals surface area contributed by atoms with E-state index in [-0.39, 0.29) is 5.91 Å². The number of rotatable bonds is 5. The molecule has 2 aromatic rings. The molecule has 0 unspecified atom stereocenters. The molecule has 1 saturated heterocycles. The highest BCUT2D eigenvalue weighted by Gasteiger charge is 2.30. The van der Waals surface area contributed by atoms with Crippen molar-refractivity contribution in [2.45, 2.75) is 44.7 Å². The molecule has 8 heteroatoms. The molecule has 31 heavy (non-hydrogen) atoms. The lowest BCUT2D eigenvalue weighted by molar-refractivity contribution is -0.137. The lowest BCUT2D eigenvalue weighted by Crippen LogP contribution is -2.49. The Balaban J connectivity index is 1.36. The molecule has 2 heterocycles. The van der Waals surface area contributed by atoms with Crippen LogP contribution < -0.4 is 4.90 Å². The molecule has 0 atom stereocenters. The molecule has 1 amide bonds. The summed E-state index contributed by atoms with van der Waals surface area (Å²) in [5.41, 5.74) is 0.153. The van der Waals surface area contributed by atoms with Crippen molar-refractivity contribution in [2.24, 2.45) is 5.92 Å². The van der Waals surface area contributed by atoms with E-state index >= 15 is 0 Å². The van der Waals surface area contributed by atoms with E-state index in [1.54, 1.807) is 18.3 Å². The highest BCUT2D eigenvalue weighted by molar-refractivity contribution is 5.76. The third-order valence-corrected chi connectivity index (χ3v) is 6.28. The minimum atomic E-state index is -4.40. The zero-order valence-electron chi connectivity index (χ0n) is 17.4. The number of anilines is 1. The number of hydrogen-bond acceptors (Lipinski definition) is 4. The molecule has 0 spiro atoms. The van der Waals surface area contributed by atoms with Crippen LogP contribution >= 0.6 is 0 Å². The van der Waals surface area contributed by atoms with Crippen molar-refractivity contribution in [1.82, 2.24) is 14.9 Å². The molecular weight excluding hydrogens is 405 g/mol. The number of amides is 1. The summed E-state index contributed by atoms with van der Waals surface area (Å²) < 4.78 is 39.1. The lowest BCUT2D eigenvalue weighted by Gasteiger charge is -2.35. The number of alkyl halides is 3. The molecule has 166 valence electrons. The largest absolute Gasteiger partial charge is 0.416 e. The Morgan fingerprint density at radius 1 is 1.06 bits per heavy atom. The number of piperazine rings is 1. The molecule has 1 aromatic heterocycles. The third-order valence-electron chi connectivity index (χ3n) is 6.28. The van der Waals surface area contributed by atoms with Crippen LogP contribution in [0.4, 0.5) is 19.1 Å². The first-order chi connectivity index (χ1) is 14.9. The second-order valence-corrected chi connectivity index (χ2v) is 8.38. The first kappa shape index (κ1) is 21.6. The van der Waals surface area contributed by atoms with E-state index in [1.807, 2.05) is 9.80 Å². The van der Waals surface area contributed by atoms with Gasteiger partial charge in [-0.3, -0.25) is 4.79 Å². The molecule has 1 aromatic carbocycles. The van der Waals surface area contributed by atoms with E-state index in [2.05, 4.69) is 9.97 Å². The number of halogens is 3. The molecule has 4 rings (SSSR count). The number of benzene rings is 1. The summed E-state index contributed by atoms with van der Waals surface area (Å²) in [5.74, 6) is 1.40. The SMILES string of the molecule is O=C(CCC1CCCC1)N1CCN(c2nccc(-c3cccc(C(F)(F)F)c3)n2)CC1. The van der Waals surface area contributed by atoms with Gasteiger partial charge in [-0.25, -0.2) is 9.97 Å². The van der Waals surface area contributed by atoms with Gasteiger partial charge in [-0.15, -0.1) is 0 Å². The minimum Gasteiger partial charge on any atom is -0.339 e. The predicted octanol–water partition coefficient (Wildman–Crippen LogP) is 4.78. The van der Waals surface area contributed by atoms with E-state index in [0.717, 1.165) is 18.6 Å². The van der Waals surface area contributed by atoms with E-state index in [4.69, 9.17) is 0 Å². The van der Waals surface area contributed by atoms with Crippen LogP contribution in [-0.4, -0.2) is 47.0 Å².